The molecule has 316 valence electrons. The molecule has 0 bridgehead atoms. The summed E-state index contributed by atoms with van der Waals surface area (Å²) in [7, 11) is -4.43. The molecule has 0 rings (SSSR count). The van der Waals surface area contributed by atoms with Gasteiger partial charge < -0.3 is 25.2 Å². The highest BCUT2D eigenvalue weighted by Gasteiger charge is 2.25. The molecule has 0 saturated carbocycles. The van der Waals surface area contributed by atoms with Gasteiger partial charge in [0.05, 0.1) is 19.3 Å². The van der Waals surface area contributed by atoms with Crippen molar-refractivity contribution in [1.82, 2.24) is 0 Å². The third-order valence-corrected chi connectivity index (χ3v) is 8.76. The van der Waals surface area contributed by atoms with Crippen LogP contribution in [0.1, 0.15) is 123 Å². The summed E-state index contributed by atoms with van der Waals surface area (Å²) >= 11 is 0. The molecule has 0 saturated heterocycles. The van der Waals surface area contributed by atoms with E-state index in [9.17, 15) is 24.2 Å². The first-order chi connectivity index (χ1) is 27.2. The van der Waals surface area contributed by atoms with Gasteiger partial charge in [-0.25, -0.2) is 4.57 Å². The van der Waals surface area contributed by atoms with Crippen molar-refractivity contribution < 1.29 is 42.7 Å². The summed E-state index contributed by atoms with van der Waals surface area (Å²) in [6, 6.07) is 0. The predicted molar refractivity (Wildman–Crippen MR) is 230 cm³/mol. The van der Waals surface area contributed by atoms with Gasteiger partial charge in [-0.1, -0.05) is 149 Å². The van der Waals surface area contributed by atoms with Gasteiger partial charge in [-0.3, -0.25) is 18.6 Å². The average molecular weight is 802 g/mol. The van der Waals surface area contributed by atoms with Gasteiger partial charge in [0.1, 0.15) is 6.61 Å². The van der Waals surface area contributed by atoms with Crippen LogP contribution in [0.3, 0.4) is 0 Å². The van der Waals surface area contributed by atoms with E-state index in [1.807, 2.05) is 30.4 Å². The van der Waals surface area contributed by atoms with Crippen molar-refractivity contribution in [2.75, 3.05) is 26.4 Å². The molecule has 3 atom stereocenters. The maximum Gasteiger partial charge on any atom is 0.472 e. The number of hydrogen-bond donors (Lipinski definition) is 3. The van der Waals surface area contributed by atoms with Crippen LogP contribution in [0.2, 0.25) is 0 Å². The number of phosphoric ester groups is 1. The molecule has 56 heavy (non-hydrogen) atoms. The van der Waals surface area contributed by atoms with E-state index < -0.39 is 38.6 Å². The molecule has 2 unspecified atom stereocenters. The Hall–Kier alpha value is -3.37. The zero-order valence-electron chi connectivity index (χ0n) is 34.2. The van der Waals surface area contributed by atoms with Crippen molar-refractivity contribution in [1.29, 1.82) is 0 Å². The van der Waals surface area contributed by atoms with Gasteiger partial charge in [0.25, 0.3) is 0 Å². The normalized spacial score (nSPS) is 15.0. The monoisotopic (exact) mass is 801 g/mol. The summed E-state index contributed by atoms with van der Waals surface area (Å²) < 4.78 is 32.6. The summed E-state index contributed by atoms with van der Waals surface area (Å²) in [5, 5.41) is 10.1. The van der Waals surface area contributed by atoms with Crippen LogP contribution < -0.4 is 5.73 Å². The van der Waals surface area contributed by atoms with E-state index in [0.29, 0.717) is 19.3 Å². The van der Waals surface area contributed by atoms with Gasteiger partial charge in [-0.05, 0) is 70.6 Å². The van der Waals surface area contributed by atoms with Crippen molar-refractivity contribution in [2.24, 2.45) is 5.73 Å². The van der Waals surface area contributed by atoms with Gasteiger partial charge in [-0.15, -0.1) is 0 Å². The molecule has 0 aliphatic heterocycles. The molecule has 10 nitrogen and oxygen atoms in total. The quantitative estimate of drug-likeness (QED) is 0.0183. The molecule has 11 heteroatoms. The molecule has 4 N–H and O–H groups in total. The zero-order chi connectivity index (χ0) is 41.2. The third-order valence-electron chi connectivity index (χ3n) is 7.77. The van der Waals surface area contributed by atoms with Crippen molar-refractivity contribution in [3.63, 3.8) is 0 Å². The summed E-state index contributed by atoms with van der Waals surface area (Å²) in [4.78, 5) is 34.8. The van der Waals surface area contributed by atoms with E-state index in [-0.39, 0.29) is 32.6 Å². The number of phosphoric acid groups is 1. The van der Waals surface area contributed by atoms with Crippen LogP contribution in [0, 0.1) is 0 Å². The summed E-state index contributed by atoms with van der Waals surface area (Å²) in [5.74, 6) is -1.02. The second-order valence-corrected chi connectivity index (χ2v) is 14.4. The Morgan fingerprint density at radius 2 is 1.14 bits per heavy atom. The van der Waals surface area contributed by atoms with Crippen LogP contribution in [0.25, 0.3) is 0 Å². The van der Waals surface area contributed by atoms with E-state index in [1.165, 1.54) is 0 Å². The lowest BCUT2D eigenvalue weighted by molar-refractivity contribution is -0.161. The van der Waals surface area contributed by atoms with Crippen LogP contribution in [0.5, 0.6) is 0 Å². The van der Waals surface area contributed by atoms with Gasteiger partial charge in [-0.2, -0.15) is 0 Å². The fourth-order valence-corrected chi connectivity index (χ4v) is 5.55. The minimum absolute atomic E-state index is 0.0211. The highest BCUT2D eigenvalue weighted by atomic mass is 31.2. The number of aliphatic hydroxyl groups is 1. The van der Waals surface area contributed by atoms with E-state index in [2.05, 4.69) is 86.8 Å². The molecule has 0 aliphatic rings. The summed E-state index contributed by atoms with van der Waals surface area (Å²) in [6.45, 7) is 3.25. The topological polar surface area (TPSA) is 155 Å². The molecule has 0 aromatic rings. The van der Waals surface area contributed by atoms with Gasteiger partial charge >= 0.3 is 19.8 Å². The van der Waals surface area contributed by atoms with Crippen molar-refractivity contribution in [3.05, 3.63) is 109 Å². The Kier molecular flexibility index (Phi) is 37.5. The number of aliphatic hydroxyl groups excluding tert-OH is 1. The molecular weight excluding hydrogens is 729 g/mol. The Balaban J connectivity index is 4.43. The number of carbonyl (C=O) groups is 2. The standard InChI is InChI=1S/C45H72NO9P/c1-3-5-7-9-11-12-13-14-15-16-17-18-19-20-21-22-24-28-33-37-45(49)55-43(41-54-56(50,51)53-39-38-46)40-52-44(48)36-32-29-25-27-31-35-42(47)34-30-26-23-10-8-6-4-2/h5-8,11-12,14-15,17-18,20-21,23-24,26,28,30,34,42-43,47H,3-4,9-10,13,16,19,22,25,27,29,31-33,35-41,46H2,1-2H3,(H,50,51)/b7-5-,8-6+,12-11-,15-14-,18-17-,21-20-,26-23+,28-24-,34-30+/t42?,43-/m1/s1. The lowest BCUT2D eigenvalue weighted by atomic mass is 10.1. The van der Waals surface area contributed by atoms with Crippen LogP contribution in [0.15, 0.2) is 109 Å². The zero-order valence-corrected chi connectivity index (χ0v) is 35.1. The number of hydrogen-bond acceptors (Lipinski definition) is 9. The smallest absolute Gasteiger partial charge is 0.462 e. The van der Waals surface area contributed by atoms with Crippen molar-refractivity contribution in [2.45, 2.75) is 135 Å². The SMILES string of the molecule is CC/C=C\C/C=C\C/C=C\C/C=C\C/C=C\C/C=C\CCC(=O)O[C@H](COC(=O)CCCCCCCC(O)/C=C/C=C/C/C=C/CC)COP(=O)(O)OCCN. The number of ether oxygens (including phenoxy) is 2. The summed E-state index contributed by atoms with van der Waals surface area (Å²) in [6.07, 6.45) is 48.7. The Morgan fingerprint density at radius 3 is 1.71 bits per heavy atom. The average Bonchev–Trinajstić information content (AvgIpc) is 3.18. The minimum atomic E-state index is -4.43. The Morgan fingerprint density at radius 1 is 0.625 bits per heavy atom. The highest BCUT2D eigenvalue weighted by Crippen LogP contribution is 2.43. The van der Waals surface area contributed by atoms with E-state index in [0.717, 1.165) is 77.0 Å². The molecular formula is C45H72NO9P. The first kappa shape index (κ1) is 52.6. The number of allylic oxidation sites excluding steroid dienone is 17. The molecule has 0 aromatic heterocycles. The van der Waals surface area contributed by atoms with E-state index in [1.54, 1.807) is 6.08 Å². The van der Waals surface area contributed by atoms with Gasteiger partial charge in [0, 0.05) is 19.4 Å². The first-order valence-electron chi connectivity index (χ1n) is 20.5. The Bertz CT molecular complexity index is 1300. The van der Waals surface area contributed by atoms with Crippen LogP contribution >= 0.6 is 7.82 Å². The largest absolute Gasteiger partial charge is 0.472 e. The van der Waals surface area contributed by atoms with Gasteiger partial charge in [0.15, 0.2) is 6.10 Å². The number of nitrogens with two attached hydrogens (primary N) is 1. The summed E-state index contributed by atoms with van der Waals surface area (Å²) in [5.41, 5.74) is 5.33. The number of esters is 2. The van der Waals surface area contributed by atoms with E-state index in [4.69, 9.17) is 24.3 Å². The number of carbonyl (C=O) groups excluding carboxylic acids is 2. The molecule has 0 spiro atoms. The fourth-order valence-electron chi connectivity index (χ4n) is 4.78. The Labute approximate surface area is 338 Å². The third kappa shape index (κ3) is 38.9. The maximum atomic E-state index is 12.5. The molecule has 0 fully saturated rings. The lowest BCUT2D eigenvalue weighted by Crippen LogP contribution is -2.29. The van der Waals surface area contributed by atoms with Gasteiger partial charge in [0.2, 0.25) is 0 Å². The van der Waals surface area contributed by atoms with Crippen LogP contribution in [-0.4, -0.2) is 60.5 Å². The fraction of sp³-hybridized carbons (Fsp3) is 0.556. The van der Waals surface area contributed by atoms with Crippen LogP contribution in [0.4, 0.5) is 0 Å². The van der Waals surface area contributed by atoms with Crippen LogP contribution in [-0.2, 0) is 32.7 Å². The molecule has 0 radical (unpaired) electrons. The second kappa shape index (κ2) is 39.8. The maximum absolute atomic E-state index is 12.5. The van der Waals surface area contributed by atoms with Crippen molar-refractivity contribution >= 4 is 19.8 Å². The number of unbranched alkanes of at least 4 members (excludes halogenated alkanes) is 4. The minimum Gasteiger partial charge on any atom is -0.462 e. The first-order valence-corrected chi connectivity index (χ1v) is 22.0. The predicted octanol–water partition coefficient (Wildman–Crippen LogP) is 10.6. The number of rotatable bonds is 36. The van der Waals surface area contributed by atoms with E-state index >= 15 is 0 Å². The molecule has 0 amide bonds. The van der Waals surface area contributed by atoms with Crippen molar-refractivity contribution in [3.8, 4) is 0 Å². The molecule has 0 aliphatic carbocycles. The molecule has 0 aromatic carbocycles. The molecule has 0 heterocycles. The second-order valence-electron chi connectivity index (χ2n) is 12.9. The lowest BCUT2D eigenvalue weighted by Gasteiger charge is -2.19. The highest BCUT2D eigenvalue weighted by molar-refractivity contribution is 7.47.